The number of carbonyl (C=O) groups excluding carboxylic acids is 5. The number of ether oxygens (including phenoxy) is 8. The summed E-state index contributed by atoms with van der Waals surface area (Å²) in [6.07, 6.45) is -4.43. The molecule has 63 heavy (non-hydrogen) atoms. The summed E-state index contributed by atoms with van der Waals surface area (Å²) < 4.78 is 47.0. The molecule has 0 aromatic heterocycles. The molecule has 0 aromatic rings. The van der Waals surface area contributed by atoms with Gasteiger partial charge in [-0.2, -0.15) is 0 Å². The Hall–Kier alpha value is -3.71. The van der Waals surface area contributed by atoms with Crippen molar-refractivity contribution in [1.29, 1.82) is 0 Å². The molecule has 11 atom stereocenters. The van der Waals surface area contributed by atoms with Gasteiger partial charge in [0, 0.05) is 56.1 Å². The third-order valence-electron chi connectivity index (χ3n) is 12.5. The van der Waals surface area contributed by atoms with Gasteiger partial charge in [0.25, 0.3) is 0 Å². The second kappa shape index (κ2) is 21.5. The molecule has 0 unspecified atom stereocenters. The molecule has 0 radical (unpaired) electrons. The molecule has 4 rings (SSSR count). The lowest BCUT2D eigenvalue weighted by atomic mass is 9.70. The minimum Gasteiger partial charge on any atom is -0.466 e. The zero-order valence-corrected chi connectivity index (χ0v) is 38.5. The van der Waals surface area contributed by atoms with Crippen LogP contribution in [0.5, 0.6) is 0 Å². The number of esters is 5. The van der Waals surface area contributed by atoms with Crippen LogP contribution in [0.3, 0.4) is 0 Å². The molecule has 0 amide bonds. The Morgan fingerprint density at radius 3 is 2.14 bits per heavy atom. The van der Waals surface area contributed by atoms with Crippen molar-refractivity contribution >= 4 is 29.8 Å². The quantitative estimate of drug-likeness (QED) is 0.110. The molecule has 17 heteroatoms. The molecule has 6 bridgehead atoms. The second-order valence-corrected chi connectivity index (χ2v) is 19.0. The normalized spacial score (nSPS) is 36.0. The first kappa shape index (κ1) is 51.9. The van der Waals surface area contributed by atoms with E-state index in [4.69, 9.17) is 37.9 Å². The van der Waals surface area contributed by atoms with Gasteiger partial charge in [0.2, 0.25) is 5.79 Å². The molecule has 17 nitrogen and oxygen atoms in total. The predicted octanol–water partition coefficient (Wildman–Crippen LogP) is 4.19. The SMILES string of the molecule is CCCC(=O)O[C@H]1/C(=C/C(=O)OC)C[C@H]2C[C@H]([C@@H](C)O)OC(=O)C[C@H](O)C[C@@H]3C[C@H](OC(=O)CC(C)C)C(C)(C)[C@](O)(C[C@@H]4C/C(=C/C(=O)OC)C[C@H](/C=C\C(C)(C)[C@]1(O)O2)O4)O3. The van der Waals surface area contributed by atoms with E-state index >= 15 is 0 Å². The molecule has 0 aromatic carbocycles. The van der Waals surface area contributed by atoms with Crippen LogP contribution in [0.25, 0.3) is 0 Å². The van der Waals surface area contributed by atoms with Crippen molar-refractivity contribution in [3.05, 3.63) is 35.5 Å². The van der Waals surface area contributed by atoms with Crippen LogP contribution in [0, 0.1) is 16.7 Å². The number of hydrogen-bond acceptors (Lipinski definition) is 17. The van der Waals surface area contributed by atoms with Crippen molar-refractivity contribution in [2.75, 3.05) is 14.2 Å². The Kier molecular flexibility index (Phi) is 17.7. The number of methoxy groups -OCH3 is 2. The summed E-state index contributed by atoms with van der Waals surface area (Å²) in [5, 5.41) is 47.7. The highest BCUT2D eigenvalue weighted by Gasteiger charge is 2.59. The van der Waals surface area contributed by atoms with E-state index in [2.05, 4.69) is 0 Å². The van der Waals surface area contributed by atoms with Gasteiger partial charge >= 0.3 is 29.8 Å². The number of hydrogen-bond donors (Lipinski definition) is 4. The van der Waals surface area contributed by atoms with Crippen molar-refractivity contribution in [2.45, 2.75) is 193 Å². The van der Waals surface area contributed by atoms with Crippen molar-refractivity contribution in [3.8, 4) is 0 Å². The van der Waals surface area contributed by atoms with Crippen molar-refractivity contribution in [3.63, 3.8) is 0 Å². The fourth-order valence-corrected chi connectivity index (χ4v) is 8.68. The predicted molar refractivity (Wildman–Crippen MR) is 224 cm³/mol. The van der Waals surface area contributed by atoms with E-state index < -0.39 is 114 Å². The minimum absolute atomic E-state index is 0.00780. The monoisotopic (exact) mass is 894 g/mol. The third-order valence-corrected chi connectivity index (χ3v) is 12.5. The van der Waals surface area contributed by atoms with Crippen molar-refractivity contribution < 1.29 is 82.3 Å². The molecule has 0 saturated carbocycles. The summed E-state index contributed by atoms with van der Waals surface area (Å²) in [4.78, 5) is 65.1. The minimum atomic E-state index is -2.41. The first-order chi connectivity index (χ1) is 29.3. The number of aliphatic hydroxyl groups excluding tert-OH is 2. The van der Waals surface area contributed by atoms with Crippen LogP contribution in [0.1, 0.15) is 126 Å². The number of cyclic esters (lactones) is 1. The van der Waals surface area contributed by atoms with Gasteiger partial charge in [-0.25, -0.2) is 9.59 Å². The van der Waals surface area contributed by atoms with Crippen LogP contribution < -0.4 is 0 Å². The van der Waals surface area contributed by atoms with Gasteiger partial charge in [-0.05, 0) is 44.1 Å². The molecular formula is C46H70O17. The van der Waals surface area contributed by atoms with E-state index in [1.807, 2.05) is 13.8 Å². The van der Waals surface area contributed by atoms with Crippen molar-refractivity contribution in [1.82, 2.24) is 0 Å². The molecule has 0 spiro atoms. The molecule has 3 saturated heterocycles. The van der Waals surface area contributed by atoms with Gasteiger partial charge in [-0.3, -0.25) is 14.4 Å². The third kappa shape index (κ3) is 13.2. The maximum absolute atomic E-state index is 13.5. The van der Waals surface area contributed by atoms with E-state index in [-0.39, 0.29) is 69.3 Å². The summed E-state index contributed by atoms with van der Waals surface area (Å²) in [5.41, 5.74) is -1.97. The highest BCUT2D eigenvalue weighted by molar-refractivity contribution is 5.83. The molecule has 4 N–H and O–H groups in total. The van der Waals surface area contributed by atoms with E-state index in [1.54, 1.807) is 46.8 Å². The van der Waals surface area contributed by atoms with Crippen LogP contribution in [0.2, 0.25) is 0 Å². The zero-order valence-electron chi connectivity index (χ0n) is 38.5. The van der Waals surface area contributed by atoms with Crippen LogP contribution in [0.15, 0.2) is 35.5 Å². The standard InChI is InChI=1S/C46H70O17/c1-11-12-37(49)61-42-29(20-39(51)57-10)19-32-23-35(27(4)47)59-41(53)22-30(48)21-33-24-36(60-40(52)15-26(2)3)44(7,8)45(54,62-33)25-34-17-28(18-38(50)56-9)16-31(58-34)13-14-43(5,6)46(42,55)63-32/h13-14,18,20,26-27,30-36,42,47-48,54-55H,11-12,15-17,19,21-25H2,1-10H3/b14-13-,28-18+,29-20+/t27-,30-,31+,32+,33-,34+,35-,36+,42+,45+,46-/m1/s1. The smallest absolute Gasteiger partial charge is 0.330 e. The van der Waals surface area contributed by atoms with Crippen LogP contribution >= 0.6 is 0 Å². The highest BCUT2D eigenvalue weighted by atomic mass is 16.7. The molecule has 3 fully saturated rings. The summed E-state index contributed by atoms with van der Waals surface area (Å²) in [6, 6.07) is 0. The number of carbonyl (C=O) groups is 5. The molecule has 4 heterocycles. The molecule has 356 valence electrons. The lowest BCUT2D eigenvalue weighted by Crippen LogP contribution is -2.62. The summed E-state index contributed by atoms with van der Waals surface area (Å²) in [5.74, 6) is -7.91. The van der Waals surface area contributed by atoms with Crippen LogP contribution in [-0.2, 0) is 61.9 Å². The Balaban J connectivity index is 1.88. The Labute approximate surface area is 370 Å². The van der Waals surface area contributed by atoms with E-state index in [0.29, 0.717) is 12.0 Å². The Morgan fingerprint density at radius 1 is 0.857 bits per heavy atom. The lowest BCUT2D eigenvalue weighted by molar-refractivity contribution is -0.349. The molecule has 0 aliphatic carbocycles. The molecular weight excluding hydrogens is 824 g/mol. The molecule has 4 aliphatic heterocycles. The van der Waals surface area contributed by atoms with Crippen molar-refractivity contribution in [2.24, 2.45) is 16.7 Å². The maximum atomic E-state index is 13.5. The first-order valence-electron chi connectivity index (χ1n) is 22.0. The average Bonchev–Trinajstić information content (AvgIpc) is 3.16. The van der Waals surface area contributed by atoms with Crippen LogP contribution in [-0.4, -0.2) is 131 Å². The van der Waals surface area contributed by atoms with E-state index in [9.17, 15) is 44.4 Å². The largest absolute Gasteiger partial charge is 0.466 e. The van der Waals surface area contributed by atoms with Gasteiger partial charge in [0.1, 0.15) is 12.2 Å². The second-order valence-electron chi connectivity index (χ2n) is 19.0. The topological polar surface area (TPSA) is 240 Å². The highest BCUT2D eigenvalue weighted by Crippen LogP contribution is 2.50. The first-order valence-corrected chi connectivity index (χ1v) is 22.0. The zero-order chi connectivity index (χ0) is 47.1. The number of fused-ring (bicyclic) bond motifs is 6. The lowest BCUT2D eigenvalue weighted by Gasteiger charge is -2.54. The summed E-state index contributed by atoms with van der Waals surface area (Å²) >= 11 is 0. The van der Waals surface area contributed by atoms with E-state index in [0.717, 1.165) is 6.08 Å². The maximum Gasteiger partial charge on any atom is 0.330 e. The summed E-state index contributed by atoms with van der Waals surface area (Å²) in [7, 11) is 2.42. The van der Waals surface area contributed by atoms with E-state index in [1.165, 1.54) is 27.2 Å². The molecule has 4 aliphatic rings. The Morgan fingerprint density at radius 2 is 1.52 bits per heavy atom. The van der Waals surface area contributed by atoms with Gasteiger partial charge in [0.15, 0.2) is 11.9 Å². The fraction of sp³-hybridized carbons (Fsp3) is 0.761. The Bertz CT molecular complexity index is 1730. The summed E-state index contributed by atoms with van der Waals surface area (Å²) in [6.45, 7) is 13.6. The number of aliphatic hydroxyl groups is 4. The van der Waals surface area contributed by atoms with Gasteiger partial charge in [-0.15, -0.1) is 0 Å². The number of rotatable bonds is 9. The van der Waals surface area contributed by atoms with Crippen LogP contribution in [0.4, 0.5) is 0 Å². The van der Waals surface area contributed by atoms with Gasteiger partial charge in [-0.1, -0.05) is 66.2 Å². The van der Waals surface area contributed by atoms with Gasteiger partial charge in [0.05, 0.1) is 62.7 Å². The fourth-order valence-electron chi connectivity index (χ4n) is 8.68. The average molecular weight is 895 g/mol. The van der Waals surface area contributed by atoms with Gasteiger partial charge < -0.3 is 58.3 Å².